The number of fused-ring (bicyclic) bond motifs is 2. The van der Waals surface area contributed by atoms with Gasteiger partial charge in [-0.2, -0.15) is 0 Å². The molecule has 1 unspecified atom stereocenters. The first kappa shape index (κ1) is 26.1. The quantitative estimate of drug-likeness (QED) is 0.208. The second-order valence-electron chi connectivity index (χ2n) is 9.55. The number of furan rings is 1. The SMILES string of the molecule is COc1ccc2ccccc2c1C1C(C(C)=O)=C(C)N=c2sc(=Cc3ccc(-c4cccc([N+](=O)[O-])c4)o3)c(=O)n21. The summed E-state index contributed by atoms with van der Waals surface area (Å²) in [4.78, 5) is 42.8. The van der Waals surface area contributed by atoms with Crippen molar-refractivity contribution in [2.24, 2.45) is 4.99 Å². The van der Waals surface area contributed by atoms with Gasteiger partial charge in [0.25, 0.3) is 11.2 Å². The maximum absolute atomic E-state index is 14.0. The van der Waals surface area contributed by atoms with Crippen molar-refractivity contribution < 1.29 is 18.9 Å². The molecule has 0 N–H and O–H groups in total. The number of ketones is 1. The summed E-state index contributed by atoms with van der Waals surface area (Å²) >= 11 is 1.20. The Hall–Kier alpha value is -5.09. The number of carbonyl (C=O) groups excluding carboxylic acids is 1. The number of ether oxygens (including phenoxy) is 1. The number of nitro benzene ring substituents is 1. The van der Waals surface area contributed by atoms with Crippen LogP contribution in [-0.4, -0.2) is 22.4 Å². The van der Waals surface area contributed by atoms with Gasteiger partial charge < -0.3 is 9.15 Å². The lowest BCUT2D eigenvalue weighted by Crippen LogP contribution is -2.39. The smallest absolute Gasteiger partial charge is 0.271 e. The van der Waals surface area contributed by atoms with Gasteiger partial charge in [-0.25, -0.2) is 4.99 Å². The van der Waals surface area contributed by atoms with E-state index in [1.807, 2.05) is 36.4 Å². The summed E-state index contributed by atoms with van der Waals surface area (Å²) < 4.78 is 13.6. The molecular formula is C31H23N3O6S. The van der Waals surface area contributed by atoms with Crippen LogP contribution in [0.5, 0.6) is 5.75 Å². The van der Waals surface area contributed by atoms with E-state index in [1.54, 1.807) is 48.9 Å². The van der Waals surface area contributed by atoms with E-state index in [0.29, 0.717) is 49.0 Å². The average Bonchev–Trinajstić information content (AvgIpc) is 3.55. The Labute approximate surface area is 237 Å². The zero-order valence-electron chi connectivity index (χ0n) is 22.3. The van der Waals surface area contributed by atoms with Crippen LogP contribution in [0.4, 0.5) is 5.69 Å². The van der Waals surface area contributed by atoms with Gasteiger partial charge in [0.05, 0.1) is 22.6 Å². The average molecular weight is 566 g/mol. The van der Waals surface area contributed by atoms with Crippen molar-refractivity contribution >= 4 is 39.7 Å². The molecule has 2 aromatic heterocycles. The van der Waals surface area contributed by atoms with Crippen LogP contribution < -0.4 is 19.6 Å². The third-order valence-corrected chi connectivity index (χ3v) is 8.05. The predicted octanol–water partition coefficient (Wildman–Crippen LogP) is 5.15. The number of nitrogens with zero attached hydrogens (tertiary/aromatic N) is 3. The lowest BCUT2D eigenvalue weighted by Gasteiger charge is -2.27. The molecule has 0 bridgehead atoms. The zero-order chi connectivity index (χ0) is 28.8. The highest BCUT2D eigenvalue weighted by molar-refractivity contribution is 7.07. The Kier molecular flexibility index (Phi) is 6.47. The number of thiazole rings is 1. The van der Waals surface area contributed by atoms with E-state index in [0.717, 1.165) is 10.8 Å². The van der Waals surface area contributed by atoms with Crippen molar-refractivity contribution in [3.8, 4) is 17.1 Å². The number of benzene rings is 3. The molecule has 0 radical (unpaired) electrons. The van der Waals surface area contributed by atoms with Crippen LogP contribution in [0.2, 0.25) is 0 Å². The van der Waals surface area contributed by atoms with Crippen LogP contribution in [0.3, 0.4) is 0 Å². The molecule has 10 heteroatoms. The molecule has 0 amide bonds. The molecule has 0 spiro atoms. The lowest BCUT2D eigenvalue weighted by molar-refractivity contribution is -0.384. The van der Waals surface area contributed by atoms with Gasteiger partial charge in [-0.15, -0.1) is 0 Å². The summed E-state index contributed by atoms with van der Waals surface area (Å²) in [6.07, 6.45) is 1.62. The number of hydrogen-bond acceptors (Lipinski definition) is 8. The molecule has 0 saturated heterocycles. The van der Waals surface area contributed by atoms with Crippen molar-refractivity contribution in [2.45, 2.75) is 19.9 Å². The normalized spacial score (nSPS) is 15.1. The maximum Gasteiger partial charge on any atom is 0.271 e. The molecule has 1 atom stereocenters. The van der Waals surface area contributed by atoms with Gasteiger partial charge >= 0.3 is 0 Å². The molecule has 3 heterocycles. The number of hydrogen-bond donors (Lipinski definition) is 0. The fourth-order valence-electron chi connectivity index (χ4n) is 5.27. The van der Waals surface area contributed by atoms with E-state index in [2.05, 4.69) is 4.99 Å². The zero-order valence-corrected chi connectivity index (χ0v) is 23.1. The number of aromatic nitrogens is 1. The van der Waals surface area contributed by atoms with Gasteiger partial charge in [0.1, 0.15) is 17.3 Å². The summed E-state index contributed by atoms with van der Waals surface area (Å²) in [6, 6.07) is 20.4. The fraction of sp³-hybridized carbons (Fsp3) is 0.129. The second kappa shape index (κ2) is 10.1. The van der Waals surface area contributed by atoms with Crippen molar-refractivity contribution in [2.75, 3.05) is 7.11 Å². The van der Waals surface area contributed by atoms with Gasteiger partial charge in [-0.1, -0.05) is 53.8 Å². The second-order valence-corrected chi connectivity index (χ2v) is 10.6. The van der Waals surface area contributed by atoms with Gasteiger partial charge in [0.15, 0.2) is 10.6 Å². The molecule has 3 aromatic carbocycles. The topological polar surface area (TPSA) is 117 Å². The van der Waals surface area contributed by atoms with E-state index in [-0.39, 0.29) is 17.0 Å². The largest absolute Gasteiger partial charge is 0.496 e. The molecule has 9 nitrogen and oxygen atoms in total. The monoisotopic (exact) mass is 565 g/mol. The molecule has 0 fully saturated rings. The summed E-state index contributed by atoms with van der Waals surface area (Å²) in [7, 11) is 1.57. The summed E-state index contributed by atoms with van der Waals surface area (Å²) in [5.74, 6) is 1.21. The van der Waals surface area contributed by atoms with Crippen LogP contribution in [0.1, 0.15) is 31.2 Å². The number of carbonyl (C=O) groups is 1. The third kappa shape index (κ3) is 4.48. The van der Waals surface area contributed by atoms with Gasteiger partial charge in [-0.05, 0) is 42.8 Å². The highest BCUT2D eigenvalue weighted by Gasteiger charge is 2.33. The molecule has 0 aliphatic carbocycles. The number of allylic oxidation sites excluding steroid dienone is 2. The van der Waals surface area contributed by atoms with Crippen LogP contribution in [-0.2, 0) is 4.79 Å². The molecule has 0 saturated carbocycles. The third-order valence-electron chi connectivity index (χ3n) is 7.07. The first-order chi connectivity index (χ1) is 19.8. The first-order valence-corrected chi connectivity index (χ1v) is 13.5. The highest BCUT2D eigenvalue weighted by atomic mass is 32.1. The minimum absolute atomic E-state index is 0.0470. The van der Waals surface area contributed by atoms with Crippen molar-refractivity contribution in [3.05, 3.63) is 125 Å². The lowest BCUT2D eigenvalue weighted by atomic mass is 9.89. The van der Waals surface area contributed by atoms with Crippen molar-refractivity contribution in [1.82, 2.24) is 4.57 Å². The Balaban J connectivity index is 1.54. The number of nitro groups is 1. The Bertz CT molecular complexity index is 2100. The summed E-state index contributed by atoms with van der Waals surface area (Å²) in [5, 5.41) is 13.0. The van der Waals surface area contributed by atoms with Crippen LogP contribution in [0, 0.1) is 10.1 Å². The first-order valence-electron chi connectivity index (χ1n) is 12.7. The van der Waals surface area contributed by atoms with Crippen LogP contribution in [0.15, 0.2) is 98.3 Å². The fourth-order valence-corrected chi connectivity index (χ4v) is 6.29. The molecular weight excluding hydrogens is 542 g/mol. The minimum Gasteiger partial charge on any atom is -0.496 e. The molecule has 1 aliphatic heterocycles. The van der Waals surface area contributed by atoms with Gasteiger partial charge in [-0.3, -0.25) is 24.3 Å². The standard InChI is InChI=1S/C31H23N3O6S/c1-17-27(18(2)35)29(28-23-10-5-4-7-19(23)11-13-25(28)39-3)33-30(36)26(41-31(33)32-17)16-22-12-14-24(40-22)20-8-6-9-21(15-20)34(37)38/h4-16,29H,1-3H3. The summed E-state index contributed by atoms with van der Waals surface area (Å²) in [5.41, 5.74) is 1.84. The molecule has 41 heavy (non-hydrogen) atoms. The Morgan fingerprint density at radius 3 is 2.68 bits per heavy atom. The van der Waals surface area contributed by atoms with E-state index in [9.17, 15) is 19.7 Å². The number of non-ortho nitro benzene ring substituents is 1. The number of Topliss-reactive ketones (excluding diaryl/α,β-unsaturated/α-hetero) is 1. The van der Waals surface area contributed by atoms with Gasteiger partial charge in [0.2, 0.25) is 0 Å². The molecule has 204 valence electrons. The number of rotatable bonds is 6. The Morgan fingerprint density at radius 2 is 1.93 bits per heavy atom. The van der Waals surface area contributed by atoms with E-state index in [1.165, 1.54) is 30.4 Å². The summed E-state index contributed by atoms with van der Waals surface area (Å²) in [6.45, 7) is 3.25. The van der Waals surface area contributed by atoms with E-state index < -0.39 is 11.0 Å². The maximum atomic E-state index is 14.0. The van der Waals surface area contributed by atoms with Crippen LogP contribution >= 0.6 is 11.3 Å². The molecule has 6 rings (SSSR count). The minimum atomic E-state index is -0.746. The highest BCUT2D eigenvalue weighted by Crippen LogP contribution is 2.40. The number of methoxy groups -OCH3 is 1. The van der Waals surface area contributed by atoms with Crippen molar-refractivity contribution in [3.63, 3.8) is 0 Å². The van der Waals surface area contributed by atoms with E-state index >= 15 is 0 Å². The van der Waals surface area contributed by atoms with Crippen LogP contribution in [0.25, 0.3) is 28.2 Å². The Morgan fingerprint density at radius 1 is 1.12 bits per heavy atom. The predicted molar refractivity (Wildman–Crippen MR) is 156 cm³/mol. The molecule has 1 aliphatic rings. The van der Waals surface area contributed by atoms with Gasteiger partial charge in [0, 0.05) is 40.6 Å². The van der Waals surface area contributed by atoms with Crippen molar-refractivity contribution in [1.29, 1.82) is 0 Å². The molecule has 5 aromatic rings. The van der Waals surface area contributed by atoms with E-state index in [4.69, 9.17) is 9.15 Å².